The Morgan fingerprint density at radius 2 is 2.11 bits per heavy atom. The van der Waals surface area contributed by atoms with Crippen molar-refractivity contribution in [3.05, 3.63) is 34.3 Å². The minimum atomic E-state index is -2.86. The van der Waals surface area contributed by atoms with Gasteiger partial charge in [-0.05, 0) is 37.4 Å². The molecule has 1 aliphatic heterocycles. The molecule has 1 aromatic rings. The van der Waals surface area contributed by atoms with Gasteiger partial charge in [-0.25, -0.2) is 8.42 Å². The van der Waals surface area contributed by atoms with Crippen LogP contribution in [0.3, 0.4) is 0 Å². The second kappa shape index (κ2) is 5.72. The first-order chi connectivity index (χ1) is 8.53. The van der Waals surface area contributed by atoms with Gasteiger partial charge in [0.2, 0.25) is 0 Å². The summed E-state index contributed by atoms with van der Waals surface area (Å²) in [5.41, 5.74) is 1.14. The first-order valence-electron chi connectivity index (χ1n) is 6.15. The fraction of sp³-hybridized carbons (Fsp3) is 0.538. The molecular weight excluding hydrogens is 314 g/mol. The fourth-order valence-electron chi connectivity index (χ4n) is 2.69. The van der Waals surface area contributed by atoms with Gasteiger partial charge in [-0.1, -0.05) is 34.1 Å². The van der Waals surface area contributed by atoms with Crippen molar-refractivity contribution in [2.45, 2.75) is 18.9 Å². The van der Waals surface area contributed by atoms with Crippen molar-refractivity contribution in [2.75, 3.05) is 18.6 Å². The van der Waals surface area contributed by atoms with E-state index in [0.29, 0.717) is 11.5 Å². The summed E-state index contributed by atoms with van der Waals surface area (Å²) in [4.78, 5) is 0. The summed E-state index contributed by atoms with van der Waals surface area (Å²) in [6.07, 6.45) is 1.74. The molecule has 2 unspecified atom stereocenters. The van der Waals surface area contributed by atoms with Crippen LogP contribution in [0.1, 0.15) is 24.4 Å². The smallest absolute Gasteiger partial charge is 0.150 e. The zero-order chi connectivity index (χ0) is 13.2. The highest BCUT2D eigenvalue weighted by Gasteiger charge is 2.31. The molecule has 1 saturated heterocycles. The van der Waals surface area contributed by atoms with Crippen molar-refractivity contribution in [3.63, 3.8) is 0 Å². The SMILES string of the molecule is CNC(c1ccccc1Br)C1CCCS(=O)(=O)C1. The average Bonchev–Trinajstić information content (AvgIpc) is 2.31. The lowest BCUT2D eigenvalue weighted by Crippen LogP contribution is -2.34. The standard InChI is InChI=1S/C13H18BrNO2S/c1-15-13(11-6-2-3-7-12(11)14)10-5-4-8-18(16,17)9-10/h2-3,6-7,10,13,15H,4-5,8-9H2,1H3. The minimum Gasteiger partial charge on any atom is -0.313 e. The topological polar surface area (TPSA) is 46.2 Å². The molecule has 5 heteroatoms. The van der Waals surface area contributed by atoms with Crippen LogP contribution >= 0.6 is 15.9 Å². The van der Waals surface area contributed by atoms with Gasteiger partial charge in [-0.3, -0.25) is 0 Å². The minimum absolute atomic E-state index is 0.0932. The summed E-state index contributed by atoms with van der Waals surface area (Å²) in [6.45, 7) is 0. The molecule has 0 radical (unpaired) electrons. The Hall–Kier alpha value is -0.390. The Balaban J connectivity index is 2.26. The number of nitrogens with one attached hydrogen (secondary N) is 1. The lowest BCUT2D eigenvalue weighted by molar-refractivity contribution is 0.372. The van der Waals surface area contributed by atoms with Gasteiger partial charge in [-0.15, -0.1) is 0 Å². The van der Waals surface area contributed by atoms with E-state index in [1.165, 1.54) is 0 Å². The van der Waals surface area contributed by atoms with E-state index in [9.17, 15) is 8.42 Å². The van der Waals surface area contributed by atoms with E-state index in [-0.39, 0.29) is 12.0 Å². The van der Waals surface area contributed by atoms with Crippen molar-refractivity contribution >= 4 is 25.8 Å². The molecule has 1 heterocycles. The van der Waals surface area contributed by atoms with Crippen LogP contribution in [0.5, 0.6) is 0 Å². The lowest BCUT2D eigenvalue weighted by atomic mass is 9.91. The van der Waals surface area contributed by atoms with Crippen molar-refractivity contribution < 1.29 is 8.42 Å². The molecule has 2 atom stereocenters. The van der Waals surface area contributed by atoms with E-state index >= 15 is 0 Å². The third-order valence-electron chi connectivity index (χ3n) is 3.52. The number of hydrogen-bond acceptors (Lipinski definition) is 3. The molecule has 1 aliphatic rings. The van der Waals surface area contributed by atoms with E-state index in [1.807, 2.05) is 31.3 Å². The highest BCUT2D eigenvalue weighted by atomic mass is 79.9. The van der Waals surface area contributed by atoms with Gasteiger partial charge in [0.25, 0.3) is 0 Å². The maximum absolute atomic E-state index is 11.8. The average molecular weight is 332 g/mol. The third kappa shape index (κ3) is 3.13. The zero-order valence-electron chi connectivity index (χ0n) is 10.4. The van der Waals surface area contributed by atoms with Crippen LogP contribution in [0.15, 0.2) is 28.7 Å². The molecule has 1 N–H and O–H groups in total. The number of hydrogen-bond donors (Lipinski definition) is 1. The van der Waals surface area contributed by atoms with Gasteiger partial charge in [0.05, 0.1) is 11.5 Å². The van der Waals surface area contributed by atoms with Gasteiger partial charge >= 0.3 is 0 Å². The quantitative estimate of drug-likeness (QED) is 0.925. The Labute approximate surface area is 117 Å². The number of sulfone groups is 1. The van der Waals surface area contributed by atoms with Crippen LogP contribution in [0.4, 0.5) is 0 Å². The summed E-state index contributed by atoms with van der Waals surface area (Å²) in [5.74, 6) is 0.794. The Morgan fingerprint density at radius 3 is 2.72 bits per heavy atom. The number of rotatable bonds is 3. The molecule has 0 saturated carbocycles. The van der Waals surface area contributed by atoms with Crippen LogP contribution in [0.2, 0.25) is 0 Å². The highest BCUT2D eigenvalue weighted by Crippen LogP contribution is 2.33. The summed E-state index contributed by atoms with van der Waals surface area (Å²) < 4.78 is 24.6. The van der Waals surface area contributed by atoms with Crippen LogP contribution in [-0.4, -0.2) is 27.0 Å². The Kier molecular flexibility index (Phi) is 4.45. The zero-order valence-corrected chi connectivity index (χ0v) is 12.8. The maximum atomic E-state index is 11.8. The second-order valence-electron chi connectivity index (χ2n) is 4.80. The fourth-order valence-corrected chi connectivity index (χ4v) is 5.01. The van der Waals surface area contributed by atoms with Crippen LogP contribution in [0.25, 0.3) is 0 Å². The van der Waals surface area contributed by atoms with E-state index in [1.54, 1.807) is 0 Å². The van der Waals surface area contributed by atoms with Gasteiger partial charge < -0.3 is 5.32 Å². The molecule has 1 fully saturated rings. The normalized spacial score (nSPS) is 24.7. The van der Waals surface area contributed by atoms with Crippen molar-refractivity contribution in [1.29, 1.82) is 0 Å². The molecule has 100 valence electrons. The monoisotopic (exact) mass is 331 g/mol. The first-order valence-corrected chi connectivity index (χ1v) is 8.77. The van der Waals surface area contributed by atoms with E-state index in [0.717, 1.165) is 22.9 Å². The van der Waals surface area contributed by atoms with Crippen LogP contribution < -0.4 is 5.32 Å². The Morgan fingerprint density at radius 1 is 1.39 bits per heavy atom. The van der Waals surface area contributed by atoms with E-state index in [4.69, 9.17) is 0 Å². The molecule has 0 aromatic heterocycles. The molecule has 1 aromatic carbocycles. The number of benzene rings is 1. The predicted octanol–water partition coefficient (Wildman–Crippen LogP) is 2.53. The van der Waals surface area contributed by atoms with Crippen molar-refractivity contribution in [1.82, 2.24) is 5.32 Å². The van der Waals surface area contributed by atoms with E-state index in [2.05, 4.69) is 21.2 Å². The second-order valence-corrected chi connectivity index (χ2v) is 7.89. The molecule has 2 rings (SSSR count). The van der Waals surface area contributed by atoms with Gasteiger partial charge in [-0.2, -0.15) is 0 Å². The molecule has 0 spiro atoms. The molecule has 3 nitrogen and oxygen atoms in total. The molecular formula is C13H18BrNO2S. The molecule has 0 aliphatic carbocycles. The van der Waals surface area contributed by atoms with E-state index < -0.39 is 9.84 Å². The number of halogens is 1. The third-order valence-corrected chi connectivity index (χ3v) is 6.09. The summed E-state index contributed by atoms with van der Waals surface area (Å²) >= 11 is 3.54. The van der Waals surface area contributed by atoms with Gasteiger partial charge in [0, 0.05) is 10.5 Å². The molecule has 0 bridgehead atoms. The molecule has 0 amide bonds. The van der Waals surface area contributed by atoms with Gasteiger partial charge in [0.1, 0.15) is 0 Å². The molecule has 18 heavy (non-hydrogen) atoms. The highest BCUT2D eigenvalue weighted by molar-refractivity contribution is 9.10. The Bertz CT molecular complexity index is 515. The summed E-state index contributed by atoms with van der Waals surface area (Å²) in [5, 5.41) is 3.27. The maximum Gasteiger partial charge on any atom is 0.150 e. The predicted molar refractivity (Wildman–Crippen MR) is 77.3 cm³/mol. The first kappa shape index (κ1) is 14.0. The largest absolute Gasteiger partial charge is 0.313 e. The summed E-state index contributed by atoms with van der Waals surface area (Å²) in [6, 6.07) is 8.10. The van der Waals surface area contributed by atoms with Crippen LogP contribution in [-0.2, 0) is 9.84 Å². The lowest BCUT2D eigenvalue weighted by Gasteiger charge is -2.30. The van der Waals surface area contributed by atoms with Crippen molar-refractivity contribution in [3.8, 4) is 0 Å². The van der Waals surface area contributed by atoms with Crippen molar-refractivity contribution in [2.24, 2.45) is 5.92 Å². The van der Waals surface area contributed by atoms with Gasteiger partial charge in [0.15, 0.2) is 9.84 Å². The van der Waals surface area contributed by atoms with Crippen LogP contribution in [0, 0.1) is 5.92 Å². The summed E-state index contributed by atoms with van der Waals surface area (Å²) in [7, 11) is -0.969.